The summed E-state index contributed by atoms with van der Waals surface area (Å²) in [7, 11) is 1.73. The summed E-state index contributed by atoms with van der Waals surface area (Å²) in [6.45, 7) is 7.41. The highest BCUT2D eigenvalue weighted by Gasteiger charge is 2.42. The van der Waals surface area contributed by atoms with Crippen LogP contribution in [0.2, 0.25) is 0 Å². The van der Waals surface area contributed by atoms with Crippen molar-refractivity contribution in [3.05, 3.63) is 0 Å². The Morgan fingerprint density at radius 1 is 1.07 bits per heavy atom. The number of nitrogens with zero attached hydrogens (tertiary/aromatic N) is 1. The summed E-state index contributed by atoms with van der Waals surface area (Å²) < 4.78 is 5.44. The Labute approximate surface area is 89.3 Å². The van der Waals surface area contributed by atoms with Crippen LogP contribution in [0.4, 0.5) is 0 Å². The van der Waals surface area contributed by atoms with Crippen LogP contribution in [0.1, 0.15) is 20.3 Å². The van der Waals surface area contributed by atoms with Crippen molar-refractivity contribution >= 4 is 7.26 Å². The molecule has 0 N–H and O–H groups in total. The van der Waals surface area contributed by atoms with Crippen LogP contribution in [0.15, 0.2) is 0 Å². The third-order valence-corrected chi connectivity index (χ3v) is 7.74. The molecular weight excluding hydrogens is 193 g/mol. The molecule has 0 unspecified atom stereocenters. The second-order valence-corrected chi connectivity index (χ2v) is 8.51. The third kappa shape index (κ3) is 3.18. The number of rotatable bonds is 0. The molecule has 0 atom stereocenters. The molecule has 2 rings (SSSR count). The second kappa shape index (κ2) is 6.05. The second-order valence-electron chi connectivity index (χ2n) is 4.20. The van der Waals surface area contributed by atoms with Gasteiger partial charge in [0, 0.05) is 13.8 Å². The Morgan fingerprint density at radius 3 is 2.29 bits per heavy atom. The van der Waals surface area contributed by atoms with Gasteiger partial charge in [0.2, 0.25) is 0 Å². The van der Waals surface area contributed by atoms with E-state index in [1.807, 2.05) is 13.8 Å². The normalized spacial score (nSPS) is 26.8. The maximum atomic E-state index is 5.44. The molecule has 2 aliphatic heterocycles. The quantitative estimate of drug-likeness (QED) is 0.579. The van der Waals surface area contributed by atoms with Gasteiger partial charge in [0.15, 0.2) is 0 Å². The van der Waals surface area contributed by atoms with E-state index in [0.717, 1.165) is 13.2 Å². The van der Waals surface area contributed by atoms with Gasteiger partial charge in [-0.25, -0.2) is 0 Å². The van der Waals surface area contributed by atoms with E-state index < -0.39 is 7.26 Å². The van der Waals surface area contributed by atoms with Crippen LogP contribution in [0.25, 0.3) is 0 Å². The van der Waals surface area contributed by atoms with Crippen molar-refractivity contribution in [1.29, 1.82) is 0 Å². The van der Waals surface area contributed by atoms with E-state index in [4.69, 9.17) is 4.74 Å². The summed E-state index contributed by atoms with van der Waals surface area (Å²) in [6.07, 6.45) is 7.19. The van der Waals surface area contributed by atoms with Crippen molar-refractivity contribution in [3.8, 4) is 0 Å². The van der Waals surface area contributed by atoms with Gasteiger partial charge in [-0.3, -0.25) is 4.90 Å². The molecule has 0 aromatic carbocycles. The first-order valence-electron chi connectivity index (χ1n) is 5.92. The van der Waals surface area contributed by atoms with Crippen LogP contribution in [-0.2, 0) is 4.74 Å². The lowest BCUT2D eigenvalue weighted by atomic mass is 10.4. The van der Waals surface area contributed by atoms with E-state index in [9.17, 15) is 0 Å². The van der Waals surface area contributed by atoms with Crippen LogP contribution in [0, 0.1) is 0 Å². The molecule has 0 amide bonds. The Bertz CT molecular complexity index is 152. The Balaban J connectivity index is 0.000000461. The average molecular weight is 218 g/mol. The van der Waals surface area contributed by atoms with Gasteiger partial charge in [-0.1, -0.05) is 13.8 Å². The van der Waals surface area contributed by atoms with Crippen molar-refractivity contribution in [2.24, 2.45) is 0 Å². The largest absolute Gasteiger partial charge is 0.374 e. The van der Waals surface area contributed by atoms with Gasteiger partial charge in [-0.15, -0.1) is 0 Å². The first-order chi connectivity index (χ1) is 6.81. The highest BCUT2D eigenvalue weighted by molar-refractivity contribution is 7.76. The minimum absolute atomic E-state index is 0.540. The summed E-state index contributed by atoms with van der Waals surface area (Å²) in [5.41, 5.74) is 0. The summed E-state index contributed by atoms with van der Waals surface area (Å²) in [5, 5.41) is 0. The summed E-state index contributed by atoms with van der Waals surface area (Å²) >= 11 is 0. The van der Waals surface area contributed by atoms with Gasteiger partial charge in [-0.2, -0.15) is 0 Å². The van der Waals surface area contributed by atoms with Crippen LogP contribution >= 0.6 is 7.26 Å². The first kappa shape index (κ1) is 12.4. The number of hydrogen-bond acceptors (Lipinski definition) is 2. The molecule has 2 fully saturated rings. The number of hydrogen-bond donors (Lipinski definition) is 0. The van der Waals surface area contributed by atoms with Crippen LogP contribution in [0.3, 0.4) is 0 Å². The van der Waals surface area contributed by atoms with Crippen molar-refractivity contribution in [3.63, 3.8) is 0 Å². The lowest BCUT2D eigenvalue weighted by molar-refractivity contribution is 0.155. The van der Waals surface area contributed by atoms with E-state index >= 15 is 0 Å². The maximum absolute atomic E-state index is 5.44. The zero-order valence-corrected chi connectivity index (χ0v) is 10.9. The fraction of sp³-hybridized carbons (Fsp3) is 1.00. The third-order valence-electron chi connectivity index (χ3n) is 3.13. The molecule has 0 aromatic rings. The Morgan fingerprint density at radius 2 is 1.71 bits per heavy atom. The standard InChI is InChI=1S/C9H19NOP.C2H6/c1-10-3-2-6-12(9-10)7-4-11-5-8-12;1-2/h2-9H2,1H3;1-2H3/q+1;. The molecule has 0 aromatic heterocycles. The van der Waals surface area contributed by atoms with E-state index in [0.29, 0.717) is 0 Å². The van der Waals surface area contributed by atoms with Crippen molar-refractivity contribution < 1.29 is 4.74 Å². The predicted molar refractivity (Wildman–Crippen MR) is 65.8 cm³/mol. The van der Waals surface area contributed by atoms with E-state index in [1.54, 1.807) is 6.16 Å². The topological polar surface area (TPSA) is 12.5 Å². The molecule has 2 nitrogen and oxygen atoms in total. The van der Waals surface area contributed by atoms with Crippen molar-refractivity contribution in [2.45, 2.75) is 20.3 Å². The van der Waals surface area contributed by atoms with Crippen molar-refractivity contribution in [2.75, 3.05) is 51.6 Å². The fourth-order valence-corrected chi connectivity index (χ4v) is 6.53. The van der Waals surface area contributed by atoms with E-state index in [-0.39, 0.29) is 0 Å². The monoisotopic (exact) mass is 218 g/mol. The molecule has 0 bridgehead atoms. The van der Waals surface area contributed by atoms with Gasteiger partial charge in [-0.05, 0) is 13.5 Å². The summed E-state index contributed by atoms with van der Waals surface area (Å²) in [5.74, 6) is 0. The minimum atomic E-state index is -0.540. The van der Waals surface area contributed by atoms with Crippen LogP contribution in [0.5, 0.6) is 0 Å². The maximum Gasteiger partial charge on any atom is 0.111 e. The fourth-order valence-electron chi connectivity index (χ4n) is 2.42. The average Bonchev–Trinajstić information content (AvgIpc) is 2.21. The zero-order chi connectivity index (χ0) is 10.4. The molecule has 0 saturated carbocycles. The minimum Gasteiger partial charge on any atom is -0.374 e. The molecule has 0 aliphatic carbocycles. The summed E-state index contributed by atoms with van der Waals surface area (Å²) in [6, 6.07) is 0. The number of ether oxygens (including phenoxy) is 1. The van der Waals surface area contributed by atoms with Gasteiger partial charge in [0.1, 0.15) is 6.29 Å². The molecule has 14 heavy (non-hydrogen) atoms. The van der Waals surface area contributed by atoms with E-state index in [1.165, 1.54) is 31.6 Å². The molecule has 2 heterocycles. The smallest absolute Gasteiger partial charge is 0.111 e. The molecule has 84 valence electrons. The van der Waals surface area contributed by atoms with Gasteiger partial charge < -0.3 is 4.74 Å². The SMILES string of the molecule is CC.CN1CCC[P+]2(CCOCC2)C1. The van der Waals surface area contributed by atoms with Crippen LogP contribution in [-0.4, -0.2) is 56.5 Å². The molecule has 3 heteroatoms. The van der Waals surface area contributed by atoms with E-state index in [2.05, 4.69) is 11.9 Å². The molecular formula is C11H25NOP+. The van der Waals surface area contributed by atoms with Gasteiger partial charge in [0.05, 0.1) is 31.7 Å². The lowest BCUT2D eigenvalue weighted by Gasteiger charge is -2.37. The van der Waals surface area contributed by atoms with Gasteiger partial charge in [0.25, 0.3) is 0 Å². The van der Waals surface area contributed by atoms with Gasteiger partial charge >= 0.3 is 0 Å². The summed E-state index contributed by atoms with van der Waals surface area (Å²) in [4.78, 5) is 2.53. The zero-order valence-electron chi connectivity index (χ0n) is 9.96. The first-order valence-corrected chi connectivity index (χ1v) is 8.45. The molecule has 2 aliphatic rings. The van der Waals surface area contributed by atoms with Crippen LogP contribution < -0.4 is 0 Å². The Kier molecular flexibility index (Phi) is 5.36. The predicted octanol–water partition coefficient (Wildman–Crippen LogP) is 2.35. The molecule has 2 saturated heterocycles. The molecule has 1 spiro atoms. The highest BCUT2D eigenvalue weighted by atomic mass is 31.2. The lowest BCUT2D eigenvalue weighted by Crippen LogP contribution is -2.36. The van der Waals surface area contributed by atoms with Crippen molar-refractivity contribution in [1.82, 2.24) is 4.90 Å². The highest BCUT2D eigenvalue weighted by Crippen LogP contribution is 2.61. The Hall–Kier alpha value is 0.350. The molecule has 0 radical (unpaired) electrons.